The lowest BCUT2D eigenvalue weighted by Gasteiger charge is -2.32. The van der Waals surface area contributed by atoms with Gasteiger partial charge in [-0.2, -0.15) is 19.6 Å². The van der Waals surface area contributed by atoms with E-state index in [0.717, 1.165) is 37.3 Å². The first-order valence-electron chi connectivity index (χ1n) is 12.3. The number of nitrogen functional groups attached to an aromatic ring is 1. The first-order valence-corrected chi connectivity index (χ1v) is 12.3. The molecule has 2 aliphatic heterocycles. The van der Waals surface area contributed by atoms with Gasteiger partial charge in [0.25, 0.3) is 5.91 Å². The van der Waals surface area contributed by atoms with E-state index in [0.29, 0.717) is 34.6 Å². The third kappa shape index (κ3) is 4.61. The summed E-state index contributed by atoms with van der Waals surface area (Å²) < 4.78 is 1.62. The smallest absolute Gasteiger partial charge is 0.254 e. The molecule has 0 aliphatic carbocycles. The van der Waals surface area contributed by atoms with Crippen LogP contribution in [-0.4, -0.2) is 44.5 Å². The Kier molecular flexibility index (Phi) is 5.76. The van der Waals surface area contributed by atoms with Crippen molar-refractivity contribution in [3.05, 3.63) is 77.5 Å². The Morgan fingerprint density at radius 1 is 1.03 bits per heavy atom. The average molecular weight is 495 g/mol. The van der Waals surface area contributed by atoms with E-state index in [1.807, 2.05) is 42.5 Å². The third-order valence-electron chi connectivity index (χ3n) is 6.80. The number of benzene rings is 2. The van der Waals surface area contributed by atoms with Gasteiger partial charge in [0.15, 0.2) is 5.65 Å². The van der Waals surface area contributed by atoms with Gasteiger partial charge in [-0.1, -0.05) is 30.3 Å². The largest absolute Gasteiger partial charge is 0.399 e. The van der Waals surface area contributed by atoms with Crippen LogP contribution in [0.1, 0.15) is 36.3 Å². The van der Waals surface area contributed by atoms with Gasteiger partial charge in [0, 0.05) is 35.6 Å². The highest BCUT2D eigenvalue weighted by Gasteiger charge is 2.26. The molecule has 0 radical (unpaired) electrons. The van der Waals surface area contributed by atoms with Crippen LogP contribution in [0.25, 0.3) is 11.7 Å². The number of anilines is 4. The molecule has 2 fully saturated rings. The van der Waals surface area contributed by atoms with Gasteiger partial charge < -0.3 is 16.0 Å². The predicted octanol–water partition coefficient (Wildman–Crippen LogP) is 3.26. The van der Waals surface area contributed by atoms with Crippen molar-refractivity contribution in [3.63, 3.8) is 0 Å². The standard InChI is InChI=1S/C27H26N8O2/c28-21-6-4-5-18(14-21)17-9-11-34(12-10-17)26-32-24-20(13-19-15-23(36)31-25(19)37)16-29-35(24)27(33-26)30-22-7-2-1-3-8-22/h1-8,13-14,16-17H,9-12,15,28H2,(H,30,32,33)(H,31,36,37)/b19-13+. The van der Waals surface area contributed by atoms with Crippen LogP contribution >= 0.6 is 0 Å². The van der Waals surface area contributed by atoms with E-state index in [4.69, 9.17) is 15.7 Å². The van der Waals surface area contributed by atoms with Crippen LogP contribution in [-0.2, 0) is 9.59 Å². The Bertz CT molecular complexity index is 1520. The SMILES string of the molecule is Nc1cccc(C2CCN(c3nc(Nc4ccccc4)n4ncc(/C=C5\CC(=O)NC5=O)c4n3)CC2)c1. The number of carbonyl (C=O) groups is 2. The predicted molar refractivity (Wildman–Crippen MR) is 141 cm³/mol. The molecular weight excluding hydrogens is 468 g/mol. The summed E-state index contributed by atoms with van der Waals surface area (Å²) in [7, 11) is 0. The molecule has 0 atom stereocenters. The fourth-order valence-corrected chi connectivity index (χ4v) is 4.89. The molecule has 4 heterocycles. The van der Waals surface area contributed by atoms with Crippen LogP contribution in [0, 0.1) is 0 Å². The second-order valence-corrected chi connectivity index (χ2v) is 9.33. The molecule has 2 amide bonds. The summed E-state index contributed by atoms with van der Waals surface area (Å²) in [6, 6.07) is 17.8. The number of amides is 2. The Hall–Kier alpha value is -4.73. The number of fused-ring (bicyclic) bond motifs is 1. The van der Waals surface area contributed by atoms with Gasteiger partial charge in [-0.25, -0.2) is 0 Å². The second-order valence-electron chi connectivity index (χ2n) is 9.33. The van der Waals surface area contributed by atoms with Gasteiger partial charge in [0.05, 0.1) is 12.6 Å². The van der Waals surface area contributed by atoms with Crippen LogP contribution in [0.5, 0.6) is 0 Å². The van der Waals surface area contributed by atoms with Gasteiger partial charge in [0.1, 0.15) is 0 Å². The molecule has 0 unspecified atom stereocenters. The fourth-order valence-electron chi connectivity index (χ4n) is 4.89. The van der Waals surface area contributed by atoms with E-state index >= 15 is 0 Å². The molecule has 37 heavy (non-hydrogen) atoms. The fraction of sp³-hybridized carbons (Fsp3) is 0.222. The molecule has 10 nitrogen and oxygen atoms in total. The monoisotopic (exact) mass is 494 g/mol. The van der Waals surface area contributed by atoms with E-state index in [1.54, 1.807) is 16.8 Å². The van der Waals surface area contributed by atoms with E-state index in [2.05, 4.69) is 32.8 Å². The Balaban J connectivity index is 1.34. The lowest BCUT2D eigenvalue weighted by Crippen LogP contribution is -2.34. The maximum atomic E-state index is 12.1. The summed E-state index contributed by atoms with van der Waals surface area (Å²) in [5, 5.41) is 10.2. The number of rotatable bonds is 5. The minimum absolute atomic E-state index is 0.0424. The van der Waals surface area contributed by atoms with Crippen LogP contribution in [0.4, 0.5) is 23.3 Å². The molecule has 2 aromatic carbocycles. The summed E-state index contributed by atoms with van der Waals surface area (Å²) in [6.07, 6.45) is 5.27. The van der Waals surface area contributed by atoms with Crippen molar-refractivity contribution in [3.8, 4) is 0 Å². The highest BCUT2D eigenvalue weighted by Crippen LogP contribution is 2.31. The summed E-state index contributed by atoms with van der Waals surface area (Å²) in [5.74, 6) is 0.839. The highest BCUT2D eigenvalue weighted by atomic mass is 16.2. The van der Waals surface area contributed by atoms with Crippen molar-refractivity contribution in [1.82, 2.24) is 24.9 Å². The number of nitrogens with two attached hydrogens (primary N) is 1. The molecule has 2 aromatic heterocycles. The first-order chi connectivity index (χ1) is 18.0. The topological polar surface area (TPSA) is 131 Å². The third-order valence-corrected chi connectivity index (χ3v) is 6.80. The van der Waals surface area contributed by atoms with Crippen molar-refractivity contribution in [1.29, 1.82) is 0 Å². The zero-order valence-electron chi connectivity index (χ0n) is 20.1. The molecule has 6 rings (SSSR count). The number of carbonyl (C=O) groups excluding carboxylic acids is 2. The zero-order valence-corrected chi connectivity index (χ0v) is 20.1. The van der Waals surface area contributed by atoms with E-state index in [9.17, 15) is 9.59 Å². The molecule has 2 saturated heterocycles. The molecule has 0 saturated carbocycles. The Morgan fingerprint density at radius 3 is 2.57 bits per heavy atom. The molecular formula is C27H26N8O2. The maximum absolute atomic E-state index is 12.1. The van der Waals surface area contributed by atoms with Crippen molar-refractivity contribution >= 4 is 46.8 Å². The highest BCUT2D eigenvalue weighted by molar-refractivity contribution is 6.15. The maximum Gasteiger partial charge on any atom is 0.254 e. The van der Waals surface area contributed by atoms with Crippen molar-refractivity contribution in [2.24, 2.45) is 0 Å². The minimum Gasteiger partial charge on any atom is -0.399 e. The molecule has 0 bridgehead atoms. The molecule has 186 valence electrons. The van der Waals surface area contributed by atoms with Crippen molar-refractivity contribution < 1.29 is 9.59 Å². The molecule has 10 heteroatoms. The molecule has 2 aliphatic rings. The number of para-hydroxylation sites is 1. The van der Waals surface area contributed by atoms with Gasteiger partial charge in [-0.15, -0.1) is 0 Å². The van der Waals surface area contributed by atoms with Crippen LogP contribution in [0.2, 0.25) is 0 Å². The quantitative estimate of drug-likeness (QED) is 0.219. The van der Waals surface area contributed by atoms with E-state index < -0.39 is 0 Å². The van der Waals surface area contributed by atoms with E-state index in [-0.39, 0.29) is 18.2 Å². The van der Waals surface area contributed by atoms with Crippen molar-refractivity contribution in [2.75, 3.05) is 29.0 Å². The summed E-state index contributed by atoms with van der Waals surface area (Å²) >= 11 is 0. The number of nitrogens with zero attached hydrogens (tertiary/aromatic N) is 5. The summed E-state index contributed by atoms with van der Waals surface area (Å²) in [5.41, 5.74) is 10.5. The lowest BCUT2D eigenvalue weighted by molar-refractivity contribution is -0.124. The lowest BCUT2D eigenvalue weighted by atomic mass is 9.89. The zero-order chi connectivity index (χ0) is 25.4. The molecule has 4 N–H and O–H groups in total. The number of nitrogens with one attached hydrogen (secondary N) is 2. The van der Waals surface area contributed by atoms with Gasteiger partial charge in [0.2, 0.25) is 17.8 Å². The second kappa shape index (κ2) is 9.38. The Labute approximate surface area is 213 Å². The summed E-state index contributed by atoms with van der Waals surface area (Å²) in [4.78, 5) is 35.7. The number of aromatic nitrogens is 4. The normalized spacial score (nSPS) is 17.5. The van der Waals surface area contributed by atoms with Crippen LogP contribution in [0.15, 0.2) is 66.4 Å². The van der Waals surface area contributed by atoms with Gasteiger partial charge >= 0.3 is 0 Å². The van der Waals surface area contributed by atoms with E-state index in [1.165, 1.54) is 5.56 Å². The molecule has 4 aromatic rings. The number of hydrogen-bond acceptors (Lipinski definition) is 8. The number of piperidine rings is 1. The van der Waals surface area contributed by atoms with Crippen molar-refractivity contribution in [2.45, 2.75) is 25.2 Å². The number of hydrogen-bond donors (Lipinski definition) is 3. The first kappa shape index (κ1) is 22.7. The minimum atomic E-state index is -0.384. The molecule has 0 spiro atoms. The Morgan fingerprint density at radius 2 is 1.84 bits per heavy atom. The summed E-state index contributed by atoms with van der Waals surface area (Å²) in [6.45, 7) is 1.59. The van der Waals surface area contributed by atoms with Gasteiger partial charge in [-0.05, 0) is 54.7 Å². The van der Waals surface area contributed by atoms with Gasteiger partial charge in [-0.3, -0.25) is 14.9 Å². The van der Waals surface area contributed by atoms with Crippen LogP contribution < -0.4 is 21.3 Å². The number of imide groups is 1. The van der Waals surface area contributed by atoms with Crippen LogP contribution in [0.3, 0.4) is 0 Å². The average Bonchev–Trinajstić information content (AvgIpc) is 3.46.